The van der Waals surface area contributed by atoms with E-state index < -0.39 is 5.60 Å². The third-order valence-electron chi connectivity index (χ3n) is 10.7. The number of pyridine rings is 1. The average molecular weight is 698 g/mol. The van der Waals surface area contributed by atoms with Gasteiger partial charge in [-0.1, -0.05) is 30.3 Å². The lowest BCUT2D eigenvalue weighted by molar-refractivity contribution is -0.104. The van der Waals surface area contributed by atoms with E-state index in [1.807, 2.05) is 70.2 Å². The molecule has 11 nitrogen and oxygen atoms in total. The summed E-state index contributed by atoms with van der Waals surface area (Å²) < 4.78 is 17.8. The minimum Gasteiger partial charge on any atom is -0.474 e. The van der Waals surface area contributed by atoms with E-state index in [4.69, 9.17) is 14.2 Å². The van der Waals surface area contributed by atoms with Crippen molar-refractivity contribution in [1.82, 2.24) is 14.8 Å². The number of hydrogen-bond donors (Lipinski definition) is 1. The van der Waals surface area contributed by atoms with Gasteiger partial charge in [-0.15, -0.1) is 0 Å². The Morgan fingerprint density at radius 2 is 1.65 bits per heavy atom. The Balaban J connectivity index is 0.902. The van der Waals surface area contributed by atoms with Crippen LogP contribution in [0.5, 0.6) is 5.88 Å². The molecule has 51 heavy (non-hydrogen) atoms. The van der Waals surface area contributed by atoms with Gasteiger partial charge in [-0.3, -0.25) is 24.4 Å². The van der Waals surface area contributed by atoms with Crippen molar-refractivity contribution in [1.29, 1.82) is 0 Å². The summed E-state index contributed by atoms with van der Waals surface area (Å²) in [6, 6.07) is 19.8. The molecular formula is C40H51N5O6. The summed E-state index contributed by atoms with van der Waals surface area (Å²) in [6.07, 6.45) is 4.06. The lowest BCUT2D eigenvalue weighted by atomic mass is 9.86. The van der Waals surface area contributed by atoms with Crippen LogP contribution in [0.4, 0.5) is 16.2 Å². The highest BCUT2D eigenvalue weighted by molar-refractivity contribution is 6.11. The maximum atomic E-state index is 13.6. The maximum absolute atomic E-state index is 13.6. The zero-order valence-corrected chi connectivity index (χ0v) is 30.5. The number of ether oxygens (including phenoxy) is 3. The molecule has 3 aliphatic heterocycles. The van der Waals surface area contributed by atoms with Crippen molar-refractivity contribution >= 4 is 23.4 Å². The quantitative estimate of drug-likeness (QED) is 0.300. The van der Waals surface area contributed by atoms with Gasteiger partial charge in [-0.05, 0) is 95.7 Å². The molecule has 3 aromatic rings. The Kier molecular flexibility index (Phi) is 9.86. The zero-order valence-electron chi connectivity index (χ0n) is 30.5. The number of aromatic nitrogens is 1. The van der Waals surface area contributed by atoms with Crippen LogP contribution in [0.25, 0.3) is 0 Å². The van der Waals surface area contributed by atoms with Gasteiger partial charge in [0, 0.05) is 62.1 Å². The van der Waals surface area contributed by atoms with E-state index in [1.165, 1.54) is 0 Å². The number of rotatable bonds is 8. The number of fused-ring (bicyclic) bond motifs is 1. The molecule has 1 saturated carbocycles. The largest absolute Gasteiger partial charge is 0.474 e. The summed E-state index contributed by atoms with van der Waals surface area (Å²) in [6.45, 7) is 14.5. The molecule has 4 aliphatic rings. The molecule has 0 radical (unpaired) electrons. The number of piperazine rings is 1. The summed E-state index contributed by atoms with van der Waals surface area (Å²) in [5, 5.41) is 0. The van der Waals surface area contributed by atoms with Crippen LogP contribution in [0, 0.1) is 0 Å². The lowest BCUT2D eigenvalue weighted by Gasteiger charge is -2.49. The van der Waals surface area contributed by atoms with Crippen molar-refractivity contribution in [2.45, 2.75) is 103 Å². The average Bonchev–Trinajstić information content (AvgIpc) is 3.33. The van der Waals surface area contributed by atoms with Gasteiger partial charge in [0.1, 0.15) is 17.9 Å². The molecule has 0 bridgehead atoms. The van der Waals surface area contributed by atoms with Crippen LogP contribution in [-0.4, -0.2) is 89.4 Å². The van der Waals surface area contributed by atoms with Crippen LogP contribution in [0.1, 0.15) is 87.8 Å². The molecule has 2 atom stereocenters. The SMILES string of the molecule is C[C@@H]1CN([C@H]2C[C@H](OC3CCN(C(=O)OC(C)(C)C)CC3)C2)CCN1c1ccc2c(c1)[C@@H](C)N(c1ccc(OCc3ccccc3)[nH]c1=O)C2=O. The van der Waals surface area contributed by atoms with Gasteiger partial charge in [-0.25, -0.2) is 4.79 Å². The maximum Gasteiger partial charge on any atom is 0.410 e. The van der Waals surface area contributed by atoms with Crippen LogP contribution < -0.4 is 20.1 Å². The Bertz CT molecular complexity index is 1780. The van der Waals surface area contributed by atoms with Crippen molar-refractivity contribution in [3.63, 3.8) is 0 Å². The number of likely N-dealkylation sites (tertiary alicyclic amines) is 1. The summed E-state index contributed by atoms with van der Waals surface area (Å²) in [4.78, 5) is 50.4. The first-order valence-corrected chi connectivity index (χ1v) is 18.4. The number of anilines is 2. The summed E-state index contributed by atoms with van der Waals surface area (Å²) in [5.74, 6) is 0.197. The first-order chi connectivity index (χ1) is 24.4. The van der Waals surface area contributed by atoms with E-state index >= 15 is 0 Å². The fraction of sp³-hybridized carbons (Fsp3) is 0.525. The fourth-order valence-electron chi connectivity index (χ4n) is 7.91. The van der Waals surface area contributed by atoms with E-state index in [-0.39, 0.29) is 35.8 Å². The molecule has 11 heteroatoms. The minimum atomic E-state index is -0.479. The Labute approximate surface area is 300 Å². The molecule has 1 aromatic heterocycles. The highest BCUT2D eigenvalue weighted by Gasteiger charge is 2.40. The molecule has 272 valence electrons. The molecule has 2 saturated heterocycles. The van der Waals surface area contributed by atoms with Crippen molar-refractivity contribution in [3.05, 3.63) is 87.7 Å². The molecule has 7 rings (SSSR count). The molecular weight excluding hydrogens is 646 g/mol. The predicted molar refractivity (Wildman–Crippen MR) is 197 cm³/mol. The zero-order chi connectivity index (χ0) is 35.9. The third-order valence-corrected chi connectivity index (χ3v) is 10.7. The van der Waals surface area contributed by atoms with E-state index in [0.717, 1.165) is 62.1 Å². The normalized spacial score (nSPS) is 24.3. The summed E-state index contributed by atoms with van der Waals surface area (Å²) >= 11 is 0. The van der Waals surface area contributed by atoms with Crippen molar-refractivity contribution in [3.8, 4) is 5.88 Å². The second-order valence-corrected chi connectivity index (χ2v) is 15.5. The highest BCUT2D eigenvalue weighted by atomic mass is 16.6. The first-order valence-electron chi connectivity index (χ1n) is 18.4. The van der Waals surface area contributed by atoms with Gasteiger partial charge >= 0.3 is 6.09 Å². The summed E-state index contributed by atoms with van der Waals surface area (Å²) in [5.41, 5.74) is 3.16. The fourth-order valence-corrected chi connectivity index (χ4v) is 7.91. The number of benzene rings is 2. The Morgan fingerprint density at radius 1 is 0.902 bits per heavy atom. The molecule has 2 aromatic carbocycles. The number of aromatic amines is 1. The van der Waals surface area contributed by atoms with Crippen LogP contribution in [-0.2, 0) is 16.1 Å². The molecule has 1 N–H and O–H groups in total. The molecule has 0 spiro atoms. The molecule has 4 heterocycles. The highest BCUT2D eigenvalue weighted by Crippen LogP contribution is 2.39. The molecule has 3 fully saturated rings. The number of nitrogens with zero attached hydrogens (tertiary/aromatic N) is 4. The van der Waals surface area contributed by atoms with Crippen LogP contribution in [0.2, 0.25) is 0 Å². The number of nitrogens with one attached hydrogen (secondary N) is 1. The smallest absolute Gasteiger partial charge is 0.410 e. The third kappa shape index (κ3) is 7.65. The Morgan fingerprint density at radius 3 is 2.33 bits per heavy atom. The van der Waals surface area contributed by atoms with Gasteiger partial charge in [0.2, 0.25) is 0 Å². The standard InChI is InChI=1S/C40H51N5O6/c1-26-24-43(30-21-32(22-30)50-31-15-17-42(18-16-31)39(48)51-40(3,4)5)19-20-44(26)29-11-12-33-34(23-29)27(2)45(38(33)47)35-13-14-36(41-37(35)46)49-25-28-9-7-6-8-10-28/h6-14,23,26-27,30-32H,15-22,24-25H2,1-5H3,(H,41,46)/t26-,27-,30-,32-/m1/s1. The van der Waals surface area contributed by atoms with Gasteiger partial charge in [0.25, 0.3) is 11.5 Å². The molecule has 0 unspecified atom stereocenters. The molecule has 1 aliphatic carbocycles. The van der Waals surface area contributed by atoms with Crippen molar-refractivity contribution in [2.24, 2.45) is 0 Å². The van der Waals surface area contributed by atoms with Gasteiger partial charge in [0.15, 0.2) is 5.88 Å². The Hall–Kier alpha value is -4.35. The number of H-pyrrole nitrogens is 1. The predicted octanol–water partition coefficient (Wildman–Crippen LogP) is 6.13. The summed E-state index contributed by atoms with van der Waals surface area (Å²) in [7, 11) is 0. The van der Waals surface area contributed by atoms with E-state index in [2.05, 4.69) is 27.8 Å². The van der Waals surface area contributed by atoms with Crippen molar-refractivity contribution in [2.75, 3.05) is 42.5 Å². The van der Waals surface area contributed by atoms with Crippen molar-refractivity contribution < 1.29 is 23.8 Å². The van der Waals surface area contributed by atoms with Gasteiger partial charge in [-0.2, -0.15) is 0 Å². The van der Waals surface area contributed by atoms with Crippen LogP contribution in [0.3, 0.4) is 0 Å². The number of hydrogen-bond acceptors (Lipinski definition) is 8. The topological polar surface area (TPSA) is 108 Å². The van der Waals surface area contributed by atoms with Crippen LogP contribution in [0.15, 0.2) is 65.5 Å². The number of carbonyl (C=O) groups excluding carboxylic acids is 2. The van der Waals surface area contributed by atoms with Gasteiger partial charge < -0.3 is 24.0 Å². The van der Waals surface area contributed by atoms with Crippen LogP contribution >= 0.6 is 0 Å². The van der Waals surface area contributed by atoms with Gasteiger partial charge in [0.05, 0.1) is 18.2 Å². The number of carbonyl (C=O) groups is 2. The minimum absolute atomic E-state index is 0.166. The van der Waals surface area contributed by atoms with E-state index in [9.17, 15) is 14.4 Å². The lowest BCUT2D eigenvalue weighted by Crippen LogP contribution is -2.59. The first kappa shape index (κ1) is 35.1. The second kappa shape index (κ2) is 14.3. The number of piperidine rings is 1. The van der Waals surface area contributed by atoms with E-state index in [0.29, 0.717) is 48.9 Å². The van der Waals surface area contributed by atoms with E-state index in [1.54, 1.807) is 21.9 Å². The monoisotopic (exact) mass is 697 g/mol. The second-order valence-electron chi connectivity index (χ2n) is 15.5. The molecule has 2 amide bonds. The number of amides is 2.